The van der Waals surface area contributed by atoms with E-state index in [2.05, 4.69) is 23.4 Å². The number of methoxy groups -OCH3 is 1. The number of amides is 1. The van der Waals surface area contributed by atoms with Crippen LogP contribution in [0.4, 0.5) is 5.82 Å². The van der Waals surface area contributed by atoms with Gasteiger partial charge in [-0.15, -0.1) is 0 Å². The van der Waals surface area contributed by atoms with Crippen molar-refractivity contribution in [1.29, 1.82) is 0 Å². The van der Waals surface area contributed by atoms with Gasteiger partial charge in [-0.05, 0) is 56.2 Å². The van der Waals surface area contributed by atoms with Crippen molar-refractivity contribution in [3.8, 4) is 11.6 Å². The van der Waals surface area contributed by atoms with E-state index in [4.69, 9.17) is 9.72 Å². The number of anilines is 1. The van der Waals surface area contributed by atoms with Crippen molar-refractivity contribution in [3.05, 3.63) is 77.0 Å². The second kappa shape index (κ2) is 7.39. The first-order chi connectivity index (χ1) is 14.0. The first-order valence-electron chi connectivity index (χ1n) is 9.35. The quantitative estimate of drug-likeness (QED) is 0.556. The Bertz CT molecular complexity index is 1230. The van der Waals surface area contributed by atoms with Crippen molar-refractivity contribution in [1.82, 2.24) is 14.8 Å². The number of nitrogens with zero attached hydrogens (tertiary/aromatic N) is 3. The van der Waals surface area contributed by atoms with E-state index in [1.54, 1.807) is 36.1 Å². The van der Waals surface area contributed by atoms with E-state index < -0.39 is 0 Å². The highest BCUT2D eigenvalue weighted by Crippen LogP contribution is 2.25. The number of fused-ring (bicyclic) bond motifs is 1. The van der Waals surface area contributed by atoms with Crippen molar-refractivity contribution in [3.63, 3.8) is 0 Å². The summed E-state index contributed by atoms with van der Waals surface area (Å²) >= 11 is 0. The van der Waals surface area contributed by atoms with Crippen molar-refractivity contribution < 1.29 is 9.53 Å². The summed E-state index contributed by atoms with van der Waals surface area (Å²) in [4.78, 5) is 17.6. The van der Waals surface area contributed by atoms with E-state index in [9.17, 15) is 4.79 Å². The van der Waals surface area contributed by atoms with Crippen LogP contribution in [0.25, 0.3) is 16.7 Å². The lowest BCUT2D eigenvalue weighted by Gasteiger charge is -2.12. The van der Waals surface area contributed by atoms with Gasteiger partial charge in [0.25, 0.3) is 5.91 Å². The average Bonchev–Trinajstić information content (AvgIpc) is 3.08. The van der Waals surface area contributed by atoms with E-state index in [0.29, 0.717) is 22.9 Å². The summed E-state index contributed by atoms with van der Waals surface area (Å²) in [6.45, 7) is 5.98. The fraction of sp³-hybridized carbons (Fsp3) is 0.174. The molecule has 6 heteroatoms. The summed E-state index contributed by atoms with van der Waals surface area (Å²) in [6.07, 6.45) is 0. The molecule has 0 unspecified atom stereocenters. The van der Waals surface area contributed by atoms with Gasteiger partial charge in [0.1, 0.15) is 11.6 Å². The molecule has 29 heavy (non-hydrogen) atoms. The third kappa shape index (κ3) is 3.57. The lowest BCUT2D eigenvalue weighted by Crippen LogP contribution is -2.15. The molecule has 6 nitrogen and oxygen atoms in total. The fourth-order valence-corrected chi connectivity index (χ4v) is 3.37. The Morgan fingerprint density at radius 1 is 1.00 bits per heavy atom. The molecule has 0 saturated carbocycles. The van der Waals surface area contributed by atoms with Crippen LogP contribution in [0.1, 0.15) is 27.2 Å². The molecule has 1 amide bonds. The van der Waals surface area contributed by atoms with Gasteiger partial charge >= 0.3 is 0 Å². The van der Waals surface area contributed by atoms with Crippen molar-refractivity contribution in [2.75, 3.05) is 12.4 Å². The van der Waals surface area contributed by atoms with Crippen LogP contribution in [-0.2, 0) is 0 Å². The number of benzene rings is 2. The molecule has 0 aliphatic carbocycles. The predicted molar refractivity (Wildman–Crippen MR) is 114 cm³/mol. The van der Waals surface area contributed by atoms with Crippen LogP contribution in [-0.4, -0.2) is 27.8 Å². The summed E-state index contributed by atoms with van der Waals surface area (Å²) in [5.41, 5.74) is 4.43. The van der Waals surface area contributed by atoms with Crippen LogP contribution in [0.5, 0.6) is 5.75 Å². The molecular weight excluding hydrogens is 364 g/mol. The van der Waals surface area contributed by atoms with Gasteiger partial charge < -0.3 is 10.1 Å². The maximum absolute atomic E-state index is 12.8. The summed E-state index contributed by atoms with van der Waals surface area (Å²) in [7, 11) is 1.57. The molecule has 0 spiro atoms. The Labute approximate surface area is 169 Å². The van der Waals surface area contributed by atoms with Gasteiger partial charge in [-0.25, -0.2) is 4.98 Å². The van der Waals surface area contributed by atoms with E-state index in [1.807, 2.05) is 38.1 Å². The van der Waals surface area contributed by atoms with Crippen LogP contribution in [0, 0.1) is 20.8 Å². The zero-order chi connectivity index (χ0) is 20.5. The van der Waals surface area contributed by atoms with Gasteiger partial charge in [-0.2, -0.15) is 9.78 Å². The normalized spacial score (nSPS) is 10.9. The number of pyridine rings is 1. The number of ether oxygens (including phenoxy) is 1. The lowest BCUT2D eigenvalue weighted by molar-refractivity contribution is 0.102. The van der Waals surface area contributed by atoms with Crippen molar-refractivity contribution >= 4 is 22.6 Å². The van der Waals surface area contributed by atoms with Crippen molar-refractivity contribution in [2.45, 2.75) is 20.8 Å². The topological polar surface area (TPSA) is 69.0 Å². The Balaban J connectivity index is 1.75. The number of carbonyl (C=O) groups excluding carboxylic acids is 1. The van der Waals surface area contributed by atoms with Crippen LogP contribution in [0.3, 0.4) is 0 Å². The van der Waals surface area contributed by atoms with Gasteiger partial charge in [0.05, 0.1) is 18.3 Å². The highest BCUT2D eigenvalue weighted by Gasteiger charge is 2.15. The monoisotopic (exact) mass is 386 g/mol. The number of carbonyl (C=O) groups is 1. The maximum atomic E-state index is 12.8. The summed E-state index contributed by atoms with van der Waals surface area (Å²) in [5, 5.41) is 8.61. The lowest BCUT2D eigenvalue weighted by atomic mass is 10.1. The van der Waals surface area contributed by atoms with E-state index in [-0.39, 0.29) is 5.91 Å². The second-order valence-corrected chi connectivity index (χ2v) is 7.04. The molecule has 0 fully saturated rings. The Kier molecular flexibility index (Phi) is 4.76. The van der Waals surface area contributed by atoms with Gasteiger partial charge in [0.15, 0.2) is 5.82 Å². The molecule has 0 bridgehead atoms. The number of para-hydroxylation sites is 1. The number of nitrogens with one attached hydrogen (secondary N) is 1. The van der Waals surface area contributed by atoms with Crippen LogP contribution in [0.2, 0.25) is 0 Å². The SMILES string of the molecule is COc1cccc(C(=O)Nc2cc(C)nn2-c2cc(C)c3cccc(C)c3n2)c1. The molecule has 1 N–H and O–H groups in total. The molecule has 0 saturated heterocycles. The van der Waals surface area contributed by atoms with Gasteiger partial charge in [-0.1, -0.05) is 24.3 Å². The third-order valence-corrected chi connectivity index (χ3v) is 4.86. The average molecular weight is 386 g/mol. The summed E-state index contributed by atoms with van der Waals surface area (Å²) < 4.78 is 6.88. The molecule has 2 aromatic heterocycles. The molecule has 0 aliphatic rings. The number of hydrogen-bond donors (Lipinski definition) is 1. The molecule has 146 valence electrons. The number of aromatic nitrogens is 3. The van der Waals surface area contributed by atoms with Crippen LogP contribution < -0.4 is 10.1 Å². The molecule has 2 aromatic carbocycles. The Morgan fingerprint density at radius 2 is 1.79 bits per heavy atom. The fourth-order valence-electron chi connectivity index (χ4n) is 3.37. The number of hydrogen-bond acceptors (Lipinski definition) is 4. The highest BCUT2D eigenvalue weighted by molar-refractivity contribution is 6.04. The number of rotatable bonds is 4. The van der Waals surface area contributed by atoms with E-state index in [0.717, 1.165) is 27.7 Å². The minimum absolute atomic E-state index is 0.237. The van der Waals surface area contributed by atoms with Crippen molar-refractivity contribution in [2.24, 2.45) is 0 Å². The van der Waals surface area contributed by atoms with Gasteiger partial charge in [0, 0.05) is 17.0 Å². The first-order valence-corrected chi connectivity index (χ1v) is 9.35. The summed E-state index contributed by atoms with van der Waals surface area (Å²) in [6, 6.07) is 17.0. The molecule has 4 aromatic rings. The Morgan fingerprint density at radius 3 is 2.59 bits per heavy atom. The molecule has 2 heterocycles. The van der Waals surface area contributed by atoms with E-state index >= 15 is 0 Å². The predicted octanol–water partition coefficient (Wildman–Crippen LogP) is 4.61. The summed E-state index contributed by atoms with van der Waals surface area (Å²) in [5.74, 6) is 1.62. The Hall–Kier alpha value is -3.67. The van der Waals surface area contributed by atoms with E-state index in [1.165, 1.54) is 0 Å². The standard InChI is InChI=1S/C23H22N4O2/c1-14-7-5-10-19-15(2)11-20(24-22(14)19)27-21(12-16(3)26-27)25-23(28)17-8-6-9-18(13-17)29-4/h5-13H,1-4H3,(H,25,28). The molecule has 0 atom stereocenters. The van der Waals surface area contributed by atoms with Gasteiger partial charge in [0.2, 0.25) is 0 Å². The van der Waals surface area contributed by atoms with Gasteiger partial charge in [-0.3, -0.25) is 4.79 Å². The largest absolute Gasteiger partial charge is 0.497 e. The highest BCUT2D eigenvalue weighted by atomic mass is 16.5. The minimum atomic E-state index is -0.237. The van der Waals surface area contributed by atoms with Crippen LogP contribution in [0.15, 0.2) is 54.6 Å². The maximum Gasteiger partial charge on any atom is 0.256 e. The third-order valence-electron chi connectivity index (χ3n) is 4.86. The molecule has 0 aliphatic heterocycles. The molecular formula is C23H22N4O2. The minimum Gasteiger partial charge on any atom is -0.497 e. The molecule has 0 radical (unpaired) electrons. The zero-order valence-electron chi connectivity index (χ0n) is 16.9. The zero-order valence-corrected chi connectivity index (χ0v) is 16.9. The smallest absolute Gasteiger partial charge is 0.256 e. The second-order valence-electron chi connectivity index (χ2n) is 7.04. The number of aryl methyl sites for hydroxylation is 3. The first kappa shape index (κ1) is 18.7. The molecule has 4 rings (SSSR count). The van der Waals surface area contributed by atoms with Crippen LogP contribution >= 0.6 is 0 Å².